The van der Waals surface area contributed by atoms with Gasteiger partial charge in [-0.05, 0) is 42.7 Å². The van der Waals surface area contributed by atoms with Crippen LogP contribution in [0.2, 0.25) is 0 Å². The summed E-state index contributed by atoms with van der Waals surface area (Å²) in [7, 11) is 1.87. The zero-order valence-electron chi connectivity index (χ0n) is 17.3. The number of nitrogens with zero attached hydrogens (tertiary/aromatic N) is 4. The molecule has 0 radical (unpaired) electrons. The molecule has 1 amide bonds. The second kappa shape index (κ2) is 9.43. The Hall–Kier alpha value is -3.35. The van der Waals surface area contributed by atoms with Crippen molar-refractivity contribution < 1.29 is 4.79 Å². The van der Waals surface area contributed by atoms with E-state index in [0.717, 1.165) is 35.8 Å². The van der Waals surface area contributed by atoms with Gasteiger partial charge < -0.3 is 15.5 Å². The van der Waals surface area contributed by atoms with Crippen LogP contribution >= 0.6 is 0 Å². The minimum atomic E-state index is -0.110. The number of pyridine rings is 1. The van der Waals surface area contributed by atoms with Crippen molar-refractivity contribution in [3.05, 3.63) is 66.1 Å². The number of rotatable bonds is 6. The topological polar surface area (TPSA) is 75.1 Å². The van der Waals surface area contributed by atoms with E-state index in [4.69, 9.17) is 0 Å². The molecular weight excluding hydrogens is 376 g/mol. The van der Waals surface area contributed by atoms with E-state index >= 15 is 0 Å². The summed E-state index contributed by atoms with van der Waals surface area (Å²) in [6.45, 7) is 2.60. The predicted molar refractivity (Wildman–Crippen MR) is 119 cm³/mol. The van der Waals surface area contributed by atoms with Gasteiger partial charge in [-0.25, -0.2) is 4.98 Å². The molecule has 1 aliphatic heterocycles. The van der Waals surface area contributed by atoms with Crippen LogP contribution in [0.25, 0.3) is 0 Å². The Labute approximate surface area is 177 Å². The fourth-order valence-electron chi connectivity index (χ4n) is 3.68. The highest BCUT2D eigenvalue weighted by Crippen LogP contribution is 2.18. The molecular formula is C23H28N6O. The maximum Gasteiger partial charge on any atom is 0.251 e. The molecule has 0 spiro atoms. The zero-order valence-corrected chi connectivity index (χ0v) is 17.3. The third-order valence-electron chi connectivity index (χ3n) is 5.31. The SMILES string of the molecule is Cn1cc(Nc2cccc(C(=O)NCc3ccc(N4CCCCCC4)nc3)c2)cn1. The van der Waals surface area contributed by atoms with Gasteiger partial charge in [0.15, 0.2) is 0 Å². The number of amides is 1. The van der Waals surface area contributed by atoms with E-state index in [9.17, 15) is 4.79 Å². The molecule has 1 aliphatic rings. The number of aromatic nitrogens is 3. The molecule has 0 saturated carbocycles. The first-order valence-corrected chi connectivity index (χ1v) is 10.5. The summed E-state index contributed by atoms with van der Waals surface area (Å²) < 4.78 is 1.73. The number of hydrogen-bond acceptors (Lipinski definition) is 5. The van der Waals surface area contributed by atoms with Crippen LogP contribution in [0, 0.1) is 0 Å². The molecule has 156 valence electrons. The quantitative estimate of drug-likeness (QED) is 0.652. The summed E-state index contributed by atoms with van der Waals surface area (Å²) >= 11 is 0. The van der Waals surface area contributed by atoms with Gasteiger partial charge in [-0.1, -0.05) is 25.0 Å². The fraction of sp³-hybridized carbons (Fsp3) is 0.348. The van der Waals surface area contributed by atoms with Crippen LogP contribution in [0.4, 0.5) is 17.2 Å². The standard InChI is InChI=1S/C23H28N6O/c1-28-17-21(16-26-28)27-20-8-6-7-19(13-20)23(30)25-15-18-9-10-22(24-14-18)29-11-4-2-3-5-12-29/h6-10,13-14,16-17,27H,2-5,11-12,15H2,1H3,(H,25,30). The first kappa shape index (κ1) is 19.9. The van der Waals surface area contributed by atoms with Crippen molar-refractivity contribution in [1.29, 1.82) is 0 Å². The van der Waals surface area contributed by atoms with Gasteiger partial charge in [0.2, 0.25) is 0 Å². The van der Waals surface area contributed by atoms with Crippen molar-refractivity contribution in [2.24, 2.45) is 7.05 Å². The van der Waals surface area contributed by atoms with Gasteiger partial charge in [0.1, 0.15) is 5.82 Å². The summed E-state index contributed by atoms with van der Waals surface area (Å²) in [4.78, 5) is 19.6. The van der Waals surface area contributed by atoms with Crippen molar-refractivity contribution in [2.45, 2.75) is 32.2 Å². The Balaban J connectivity index is 1.33. The monoisotopic (exact) mass is 404 g/mol. The molecule has 0 aliphatic carbocycles. The van der Waals surface area contributed by atoms with Crippen molar-refractivity contribution in [1.82, 2.24) is 20.1 Å². The maximum absolute atomic E-state index is 12.6. The maximum atomic E-state index is 12.6. The summed E-state index contributed by atoms with van der Waals surface area (Å²) in [6, 6.07) is 11.5. The number of benzene rings is 1. The highest BCUT2D eigenvalue weighted by Gasteiger charge is 2.11. The average molecular weight is 405 g/mol. The first-order chi connectivity index (χ1) is 14.7. The molecule has 3 aromatic rings. The number of hydrogen-bond donors (Lipinski definition) is 2. The van der Waals surface area contributed by atoms with Crippen LogP contribution in [-0.4, -0.2) is 33.8 Å². The van der Waals surface area contributed by atoms with Gasteiger partial charge >= 0.3 is 0 Å². The van der Waals surface area contributed by atoms with Crippen LogP contribution in [0.15, 0.2) is 55.0 Å². The molecule has 2 aromatic heterocycles. The van der Waals surface area contributed by atoms with Gasteiger partial charge in [-0.2, -0.15) is 5.10 Å². The summed E-state index contributed by atoms with van der Waals surface area (Å²) in [5, 5.41) is 10.4. The third kappa shape index (κ3) is 5.17. The smallest absolute Gasteiger partial charge is 0.251 e. The average Bonchev–Trinajstić information content (AvgIpc) is 3.01. The molecule has 30 heavy (non-hydrogen) atoms. The highest BCUT2D eigenvalue weighted by atomic mass is 16.1. The van der Waals surface area contributed by atoms with Crippen LogP contribution in [0.1, 0.15) is 41.6 Å². The lowest BCUT2D eigenvalue weighted by atomic mass is 10.1. The molecule has 1 saturated heterocycles. The Morgan fingerprint density at radius 2 is 1.87 bits per heavy atom. The van der Waals surface area contributed by atoms with Crippen LogP contribution in [0.5, 0.6) is 0 Å². The van der Waals surface area contributed by atoms with E-state index in [2.05, 4.69) is 31.7 Å². The van der Waals surface area contributed by atoms with Gasteiger partial charge in [-0.15, -0.1) is 0 Å². The van der Waals surface area contributed by atoms with Crippen molar-refractivity contribution >= 4 is 23.1 Å². The van der Waals surface area contributed by atoms with E-state index in [1.807, 2.05) is 49.8 Å². The minimum Gasteiger partial charge on any atom is -0.357 e. The first-order valence-electron chi connectivity index (χ1n) is 10.5. The predicted octanol–water partition coefficient (Wildman–Crippen LogP) is 3.87. The second-order valence-corrected chi connectivity index (χ2v) is 7.72. The van der Waals surface area contributed by atoms with Gasteiger partial charge in [-0.3, -0.25) is 9.48 Å². The molecule has 0 unspecified atom stereocenters. The second-order valence-electron chi connectivity index (χ2n) is 7.72. The molecule has 4 rings (SSSR count). The molecule has 3 heterocycles. The zero-order chi connectivity index (χ0) is 20.8. The molecule has 1 aromatic carbocycles. The number of nitrogens with one attached hydrogen (secondary N) is 2. The normalized spacial score (nSPS) is 14.2. The van der Waals surface area contributed by atoms with Gasteiger partial charge in [0, 0.05) is 50.3 Å². The summed E-state index contributed by atoms with van der Waals surface area (Å²) in [5.74, 6) is 0.919. The largest absolute Gasteiger partial charge is 0.357 e. The van der Waals surface area contributed by atoms with Crippen LogP contribution < -0.4 is 15.5 Å². The highest BCUT2D eigenvalue weighted by molar-refractivity contribution is 5.95. The van der Waals surface area contributed by atoms with E-state index in [-0.39, 0.29) is 5.91 Å². The fourth-order valence-corrected chi connectivity index (χ4v) is 3.68. The van der Waals surface area contributed by atoms with E-state index in [1.165, 1.54) is 25.7 Å². The molecule has 1 fully saturated rings. The Morgan fingerprint density at radius 3 is 2.57 bits per heavy atom. The van der Waals surface area contributed by atoms with Crippen LogP contribution in [0.3, 0.4) is 0 Å². The lowest BCUT2D eigenvalue weighted by Crippen LogP contribution is -2.25. The lowest BCUT2D eigenvalue weighted by molar-refractivity contribution is 0.0951. The van der Waals surface area contributed by atoms with Crippen LogP contribution in [-0.2, 0) is 13.6 Å². The number of aryl methyl sites for hydroxylation is 1. The number of anilines is 3. The molecule has 2 N–H and O–H groups in total. The van der Waals surface area contributed by atoms with E-state index < -0.39 is 0 Å². The van der Waals surface area contributed by atoms with E-state index in [1.54, 1.807) is 10.9 Å². The third-order valence-corrected chi connectivity index (χ3v) is 5.31. The number of carbonyl (C=O) groups excluding carboxylic acids is 1. The summed E-state index contributed by atoms with van der Waals surface area (Å²) in [6.07, 6.45) is 10.6. The molecule has 7 nitrogen and oxygen atoms in total. The number of carbonyl (C=O) groups is 1. The van der Waals surface area contributed by atoms with E-state index in [0.29, 0.717) is 12.1 Å². The Kier molecular flexibility index (Phi) is 6.27. The molecule has 0 bridgehead atoms. The van der Waals surface area contributed by atoms with Crippen molar-refractivity contribution in [2.75, 3.05) is 23.3 Å². The van der Waals surface area contributed by atoms with Gasteiger partial charge in [0.05, 0.1) is 11.9 Å². The molecule has 7 heteroatoms. The van der Waals surface area contributed by atoms with Crippen molar-refractivity contribution in [3.63, 3.8) is 0 Å². The lowest BCUT2D eigenvalue weighted by Gasteiger charge is -2.21. The molecule has 0 atom stereocenters. The van der Waals surface area contributed by atoms with Crippen molar-refractivity contribution in [3.8, 4) is 0 Å². The summed E-state index contributed by atoms with van der Waals surface area (Å²) in [5.41, 5.74) is 3.33. The Bertz CT molecular complexity index is 973. The van der Waals surface area contributed by atoms with Gasteiger partial charge in [0.25, 0.3) is 5.91 Å². The minimum absolute atomic E-state index is 0.110. The Morgan fingerprint density at radius 1 is 1.03 bits per heavy atom.